The van der Waals surface area contributed by atoms with Gasteiger partial charge in [-0.3, -0.25) is 9.69 Å². The Hall–Kier alpha value is -1.10. The number of fused-ring (bicyclic) bond motifs is 2. The second kappa shape index (κ2) is 8.32. The summed E-state index contributed by atoms with van der Waals surface area (Å²) < 4.78 is 0. The quantitative estimate of drug-likeness (QED) is 0.885. The zero-order chi connectivity index (χ0) is 16.4. The standard InChI is InChI=1S/C19H29N3O.ClH/c1-14-6-4-5-7-15(14)12-22(3)19(23)13-21(2)18-10-16-8-9-17(11-18)20-16;/h4-7,16-18,20H,8-13H2,1-3H3;1H. The van der Waals surface area contributed by atoms with Crippen molar-refractivity contribution in [1.29, 1.82) is 0 Å². The Labute approximate surface area is 152 Å². The number of benzene rings is 1. The van der Waals surface area contributed by atoms with E-state index in [2.05, 4.69) is 36.3 Å². The van der Waals surface area contributed by atoms with E-state index in [1.807, 2.05) is 24.1 Å². The molecule has 134 valence electrons. The molecule has 2 heterocycles. The third-order valence-electron chi connectivity index (χ3n) is 5.55. The summed E-state index contributed by atoms with van der Waals surface area (Å²) in [7, 11) is 4.02. The van der Waals surface area contributed by atoms with Gasteiger partial charge in [-0.2, -0.15) is 0 Å². The van der Waals surface area contributed by atoms with Gasteiger partial charge >= 0.3 is 0 Å². The summed E-state index contributed by atoms with van der Waals surface area (Å²) >= 11 is 0. The van der Waals surface area contributed by atoms with E-state index in [1.54, 1.807) is 0 Å². The van der Waals surface area contributed by atoms with Crippen LogP contribution in [0.4, 0.5) is 0 Å². The molecular formula is C19H30ClN3O. The van der Waals surface area contributed by atoms with E-state index in [0.717, 1.165) is 0 Å². The van der Waals surface area contributed by atoms with Gasteiger partial charge < -0.3 is 10.2 Å². The predicted molar refractivity (Wildman–Crippen MR) is 100 cm³/mol. The highest BCUT2D eigenvalue weighted by Gasteiger charge is 2.35. The van der Waals surface area contributed by atoms with Crippen LogP contribution in [0.25, 0.3) is 0 Å². The van der Waals surface area contributed by atoms with Crippen LogP contribution < -0.4 is 5.32 Å². The first-order chi connectivity index (χ1) is 11.0. The first-order valence-corrected chi connectivity index (χ1v) is 8.77. The first kappa shape index (κ1) is 19.2. The van der Waals surface area contributed by atoms with Gasteiger partial charge in [0.15, 0.2) is 0 Å². The molecule has 2 fully saturated rings. The zero-order valence-electron chi connectivity index (χ0n) is 15.0. The van der Waals surface area contributed by atoms with Crippen LogP contribution in [0, 0.1) is 6.92 Å². The molecule has 2 bridgehead atoms. The molecule has 1 N–H and O–H groups in total. The van der Waals surface area contributed by atoms with E-state index >= 15 is 0 Å². The van der Waals surface area contributed by atoms with Gasteiger partial charge in [-0.1, -0.05) is 24.3 Å². The average molecular weight is 352 g/mol. The number of halogens is 1. The van der Waals surface area contributed by atoms with E-state index in [1.165, 1.54) is 36.8 Å². The van der Waals surface area contributed by atoms with Crippen LogP contribution >= 0.6 is 12.4 Å². The number of carbonyl (C=O) groups is 1. The molecule has 2 unspecified atom stereocenters. The van der Waals surface area contributed by atoms with Gasteiger partial charge in [0.1, 0.15) is 0 Å². The second-order valence-corrected chi connectivity index (χ2v) is 7.35. The minimum absolute atomic E-state index is 0. The summed E-state index contributed by atoms with van der Waals surface area (Å²) in [6, 6.07) is 10.2. The van der Waals surface area contributed by atoms with E-state index in [9.17, 15) is 4.79 Å². The van der Waals surface area contributed by atoms with Gasteiger partial charge in [-0.15, -0.1) is 12.4 Å². The molecule has 1 aromatic carbocycles. The Morgan fingerprint density at radius 3 is 2.42 bits per heavy atom. The maximum Gasteiger partial charge on any atom is 0.236 e. The Bertz CT molecular complexity index is 553. The molecule has 1 aromatic rings. The fraction of sp³-hybridized carbons (Fsp3) is 0.632. The smallest absolute Gasteiger partial charge is 0.236 e. The normalized spacial score (nSPS) is 25.4. The van der Waals surface area contributed by atoms with Crippen molar-refractivity contribution in [2.45, 2.75) is 57.3 Å². The molecule has 2 atom stereocenters. The minimum Gasteiger partial charge on any atom is -0.340 e. The molecule has 2 saturated heterocycles. The molecule has 1 amide bonds. The monoisotopic (exact) mass is 351 g/mol. The number of nitrogens with zero attached hydrogens (tertiary/aromatic N) is 2. The molecule has 0 aliphatic carbocycles. The fourth-order valence-electron chi connectivity index (χ4n) is 3.98. The van der Waals surface area contributed by atoms with Gasteiger partial charge in [0, 0.05) is 31.7 Å². The number of amides is 1. The first-order valence-electron chi connectivity index (χ1n) is 8.77. The molecule has 0 aromatic heterocycles. The minimum atomic E-state index is 0. The lowest BCUT2D eigenvalue weighted by atomic mass is 9.98. The van der Waals surface area contributed by atoms with Crippen molar-refractivity contribution in [2.75, 3.05) is 20.6 Å². The van der Waals surface area contributed by atoms with Gasteiger partial charge in [-0.05, 0) is 50.8 Å². The molecule has 3 rings (SSSR count). The highest BCUT2D eigenvalue weighted by Crippen LogP contribution is 2.29. The summed E-state index contributed by atoms with van der Waals surface area (Å²) in [6.07, 6.45) is 4.97. The highest BCUT2D eigenvalue weighted by atomic mass is 35.5. The number of aryl methyl sites for hydroxylation is 1. The van der Waals surface area contributed by atoms with Crippen molar-refractivity contribution >= 4 is 18.3 Å². The summed E-state index contributed by atoms with van der Waals surface area (Å²) in [5.41, 5.74) is 2.47. The molecule has 0 radical (unpaired) electrons. The SMILES string of the molecule is Cc1ccccc1CN(C)C(=O)CN(C)C1CC2CCC(C1)N2.Cl. The van der Waals surface area contributed by atoms with Crippen LogP contribution in [0.15, 0.2) is 24.3 Å². The maximum atomic E-state index is 12.6. The molecule has 5 heteroatoms. The van der Waals surface area contributed by atoms with E-state index in [-0.39, 0.29) is 18.3 Å². The third kappa shape index (κ3) is 4.50. The molecule has 0 saturated carbocycles. The van der Waals surface area contributed by atoms with Crippen LogP contribution in [0.2, 0.25) is 0 Å². The molecule has 4 nitrogen and oxygen atoms in total. The van der Waals surface area contributed by atoms with Crippen molar-refractivity contribution in [3.63, 3.8) is 0 Å². The molecule has 0 spiro atoms. The van der Waals surface area contributed by atoms with Crippen molar-refractivity contribution in [3.05, 3.63) is 35.4 Å². The Morgan fingerprint density at radius 1 is 1.17 bits per heavy atom. The average Bonchev–Trinajstić information content (AvgIpc) is 2.87. The molecule has 2 aliphatic rings. The Morgan fingerprint density at radius 2 is 1.79 bits per heavy atom. The summed E-state index contributed by atoms with van der Waals surface area (Å²) in [5.74, 6) is 0.210. The number of carbonyl (C=O) groups excluding carboxylic acids is 1. The number of likely N-dealkylation sites (N-methyl/N-ethyl adjacent to an activating group) is 2. The number of hydrogen-bond acceptors (Lipinski definition) is 3. The van der Waals surface area contributed by atoms with Crippen LogP contribution in [0.3, 0.4) is 0 Å². The summed E-state index contributed by atoms with van der Waals surface area (Å²) in [4.78, 5) is 16.7. The van der Waals surface area contributed by atoms with E-state index < -0.39 is 0 Å². The second-order valence-electron chi connectivity index (χ2n) is 7.35. The largest absolute Gasteiger partial charge is 0.340 e. The van der Waals surface area contributed by atoms with Gasteiger partial charge in [0.05, 0.1) is 6.54 Å². The third-order valence-corrected chi connectivity index (χ3v) is 5.55. The molecular weight excluding hydrogens is 322 g/mol. The number of rotatable bonds is 5. The Balaban J connectivity index is 0.00000208. The lowest BCUT2D eigenvalue weighted by Gasteiger charge is -2.35. The van der Waals surface area contributed by atoms with Crippen molar-refractivity contribution < 1.29 is 4.79 Å². The van der Waals surface area contributed by atoms with Crippen molar-refractivity contribution in [1.82, 2.24) is 15.1 Å². The van der Waals surface area contributed by atoms with E-state index in [4.69, 9.17) is 0 Å². The van der Waals surface area contributed by atoms with Gasteiger partial charge in [0.2, 0.25) is 5.91 Å². The zero-order valence-corrected chi connectivity index (χ0v) is 15.8. The van der Waals surface area contributed by atoms with Crippen molar-refractivity contribution in [2.24, 2.45) is 0 Å². The predicted octanol–water partition coefficient (Wildman–Crippen LogP) is 2.59. The lowest BCUT2D eigenvalue weighted by molar-refractivity contribution is -0.132. The number of hydrogen-bond donors (Lipinski definition) is 1. The van der Waals surface area contributed by atoms with Crippen LogP contribution in [-0.4, -0.2) is 54.5 Å². The van der Waals surface area contributed by atoms with Crippen molar-refractivity contribution in [3.8, 4) is 0 Å². The van der Waals surface area contributed by atoms with Crippen LogP contribution in [0.1, 0.15) is 36.8 Å². The number of piperidine rings is 1. The van der Waals surface area contributed by atoms with Gasteiger partial charge in [-0.25, -0.2) is 0 Å². The fourth-order valence-corrected chi connectivity index (χ4v) is 3.98. The van der Waals surface area contributed by atoms with Crippen LogP contribution in [-0.2, 0) is 11.3 Å². The van der Waals surface area contributed by atoms with E-state index in [0.29, 0.717) is 31.2 Å². The number of nitrogens with one attached hydrogen (secondary N) is 1. The maximum absolute atomic E-state index is 12.6. The molecule has 2 aliphatic heterocycles. The summed E-state index contributed by atoms with van der Waals surface area (Å²) in [5, 5.41) is 3.67. The van der Waals surface area contributed by atoms with Gasteiger partial charge in [0.25, 0.3) is 0 Å². The lowest BCUT2D eigenvalue weighted by Crippen LogP contribution is -2.49. The summed E-state index contributed by atoms with van der Waals surface area (Å²) in [6.45, 7) is 3.31. The Kier molecular flexibility index (Phi) is 6.67. The van der Waals surface area contributed by atoms with Crippen LogP contribution in [0.5, 0.6) is 0 Å². The topological polar surface area (TPSA) is 35.6 Å². The molecule has 24 heavy (non-hydrogen) atoms. The highest BCUT2D eigenvalue weighted by molar-refractivity contribution is 5.85.